The Morgan fingerprint density at radius 1 is 1.14 bits per heavy atom. The lowest BCUT2D eigenvalue weighted by Gasteiger charge is -2.13. The van der Waals surface area contributed by atoms with Crippen molar-refractivity contribution in [3.05, 3.63) is 75.4 Å². The van der Waals surface area contributed by atoms with E-state index in [9.17, 15) is 22.4 Å². The van der Waals surface area contributed by atoms with Crippen LogP contribution in [0.4, 0.5) is 20.6 Å². The molecule has 0 radical (unpaired) electrons. The van der Waals surface area contributed by atoms with Crippen LogP contribution in [0.15, 0.2) is 63.9 Å². The van der Waals surface area contributed by atoms with Gasteiger partial charge >= 0.3 is 6.03 Å². The molecule has 0 aliphatic carbocycles. The first-order valence-electron chi connectivity index (χ1n) is 10.8. The predicted molar refractivity (Wildman–Crippen MR) is 143 cm³/mol. The van der Waals surface area contributed by atoms with Crippen LogP contribution in [-0.4, -0.2) is 56.1 Å². The number of hydrogen-bond acceptors (Lipinski definition) is 8. The lowest BCUT2D eigenvalue weighted by Crippen LogP contribution is -2.34. The average molecular weight is 565 g/mol. The maximum Gasteiger partial charge on any atom is 0.333 e. The van der Waals surface area contributed by atoms with Gasteiger partial charge in [-0.1, -0.05) is 11.6 Å². The summed E-state index contributed by atoms with van der Waals surface area (Å²) >= 11 is 6.53. The predicted octanol–water partition coefficient (Wildman–Crippen LogP) is 3.72. The first kappa shape index (κ1) is 26.5. The van der Waals surface area contributed by atoms with Gasteiger partial charge in [0.15, 0.2) is 0 Å². The maximum absolute atomic E-state index is 14.9. The second-order valence-corrected chi connectivity index (χ2v) is 11.8. The number of thiophene rings is 1. The fraction of sp³-hybridized carbons (Fsp3) is 0.174. The van der Waals surface area contributed by atoms with Gasteiger partial charge in [-0.25, -0.2) is 27.3 Å². The number of carbonyl (C=O) groups is 1. The Labute approximate surface area is 220 Å². The summed E-state index contributed by atoms with van der Waals surface area (Å²) in [5.41, 5.74) is 0.693. The lowest BCUT2D eigenvalue weighted by molar-refractivity contribution is 0.256. The van der Waals surface area contributed by atoms with Crippen molar-refractivity contribution in [1.82, 2.24) is 19.2 Å². The van der Waals surface area contributed by atoms with Gasteiger partial charge in [0, 0.05) is 24.5 Å². The molecule has 37 heavy (non-hydrogen) atoms. The summed E-state index contributed by atoms with van der Waals surface area (Å²) in [5, 5.41) is 5.82. The lowest BCUT2D eigenvalue weighted by atomic mass is 10.2. The molecular weight excluding hydrogens is 543 g/mol. The number of sulfonamides is 1. The zero-order valence-electron chi connectivity index (χ0n) is 19.7. The minimum absolute atomic E-state index is 0.0200. The standard InChI is InChI=1S/C23H22ClFN6O4S2/c1-30(2)10-9-26-14-3-5-16-18(12-14)27-13-31(22(16)32)19-6-4-15(11-17(19)25)28-23(33)29-37(34,35)21-8-7-20(24)36-21/h3-8,11-13,26H,9-10H2,1-2H3,(H2,28,29,33). The van der Waals surface area contributed by atoms with Crippen LogP contribution in [0.3, 0.4) is 0 Å². The highest BCUT2D eigenvalue weighted by atomic mass is 35.5. The van der Waals surface area contributed by atoms with Gasteiger partial charge in [-0.15, -0.1) is 11.3 Å². The Morgan fingerprint density at radius 2 is 1.89 bits per heavy atom. The molecule has 4 aromatic rings. The number of aromatic nitrogens is 2. The van der Waals surface area contributed by atoms with Crippen LogP contribution in [0.25, 0.3) is 16.6 Å². The van der Waals surface area contributed by atoms with E-state index in [1.807, 2.05) is 23.7 Å². The highest BCUT2D eigenvalue weighted by Gasteiger charge is 2.20. The Hall–Kier alpha value is -3.52. The molecule has 3 N–H and O–H groups in total. The number of likely N-dealkylation sites (N-methyl/N-ethyl adjacent to an activating group) is 1. The van der Waals surface area contributed by atoms with Crippen molar-refractivity contribution < 1.29 is 17.6 Å². The van der Waals surface area contributed by atoms with E-state index in [-0.39, 0.29) is 19.9 Å². The maximum atomic E-state index is 14.9. The fourth-order valence-electron chi connectivity index (χ4n) is 3.38. The number of hydrogen-bond donors (Lipinski definition) is 3. The number of amides is 2. The number of halogens is 2. The number of nitrogens with one attached hydrogen (secondary N) is 3. The number of rotatable bonds is 8. The second kappa shape index (κ2) is 10.8. The summed E-state index contributed by atoms with van der Waals surface area (Å²) in [4.78, 5) is 31.5. The minimum atomic E-state index is -4.14. The van der Waals surface area contributed by atoms with Crippen molar-refractivity contribution in [2.75, 3.05) is 37.8 Å². The summed E-state index contributed by atoms with van der Waals surface area (Å²) in [6, 6.07) is 10.3. The Balaban J connectivity index is 1.51. The van der Waals surface area contributed by atoms with Crippen LogP contribution >= 0.6 is 22.9 Å². The molecule has 0 bridgehead atoms. The molecule has 0 saturated carbocycles. The van der Waals surface area contributed by atoms with Gasteiger partial charge in [0.2, 0.25) is 0 Å². The summed E-state index contributed by atoms with van der Waals surface area (Å²) in [5.74, 6) is -0.823. The van der Waals surface area contributed by atoms with E-state index in [1.165, 1.54) is 30.6 Å². The van der Waals surface area contributed by atoms with Crippen LogP contribution in [0.5, 0.6) is 0 Å². The van der Waals surface area contributed by atoms with Gasteiger partial charge in [0.25, 0.3) is 15.6 Å². The summed E-state index contributed by atoms with van der Waals surface area (Å²) in [6.45, 7) is 1.55. The molecule has 0 aliphatic heterocycles. The van der Waals surface area contributed by atoms with Crippen LogP contribution in [-0.2, 0) is 10.0 Å². The molecule has 0 unspecified atom stereocenters. The number of benzene rings is 2. The van der Waals surface area contributed by atoms with E-state index < -0.39 is 27.4 Å². The smallest absolute Gasteiger partial charge is 0.333 e. The zero-order valence-corrected chi connectivity index (χ0v) is 22.0. The molecule has 0 saturated heterocycles. The van der Waals surface area contributed by atoms with Crippen molar-refractivity contribution in [2.45, 2.75) is 4.21 Å². The summed E-state index contributed by atoms with van der Waals surface area (Å²) in [6.07, 6.45) is 1.23. The van der Waals surface area contributed by atoms with Gasteiger partial charge in [0.05, 0.1) is 20.9 Å². The van der Waals surface area contributed by atoms with Gasteiger partial charge in [-0.05, 0) is 62.6 Å². The van der Waals surface area contributed by atoms with Crippen LogP contribution in [0, 0.1) is 5.82 Å². The molecule has 0 spiro atoms. The van der Waals surface area contributed by atoms with Crippen LogP contribution in [0.2, 0.25) is 4.34 Å². The average Bonchev–Trinajstić information content (AvgIpc) is 3.27. The Morgan fingerprint density at radius 3 is 2.57 bits per heavy atom. The quantitative estimate of drug-likeness (QED) is 0.298. The van der Waals surface area contributed by atoms with Gasteiger partial charge < -0.3 is 15.5 Å². The van der Waals surface area contributed by atoms with E-state index in [1.54, 1.807) is 18.2 Å². The molecule has 2 aromatic carbocycles. The van der Waals surface area contributed by atoms with Gasteiger partial charge in [-0.3, -0.25) is 9.36 Å². The summed E-state index contributed by atoms with van der Waals surface area (Å²) < 4.78 is 42.4. The molecular formula is C23H22ClFN6O4S2. The molecule has 194 valence electrons. The van der Waals surface area contributed by atoms with Crippen LogP contribution in [0.1, 0.15) is 0 Å². The van der Waals surface area contributed by atoms with Crippen molar-refractivity contribution in [3.8, 4) is 5.69 Å². The zero-order chi connectivity index (χ0) is 26.7. The first-order valence-corrected chi connectivity index (χ1v) is 13.5. The van der Waals surface area contributed by atoms with E-state index >= 15 is 0 Å². The molecule has 4 rings (SSSR count). The highest BCUT2D eigenvalue weighted by Crippen LogP contribution is 2.25. The molecule has 14 heteroatoms. The third-order valence-electron chi connectivity index (χ3n) is 5.15. The third kappa shape index (κ3) is 6.25. The van der Waals surface area contributed by atoms with Crippen molar-refractivity contribution in [2.24, 2.45) is 0 Å². The highest BCUT2D eigenvalue weighted by molar-refractivity contribution is 7.92. The first-order chi connectivity index (χ1) is 17.5. The molecule has 0 atom stereocenters. The summed E-state index contributed by atoms with van der Waals surface area (Å²) in [7, 11) is -0.204. The van der Waals surface area contributed by atoms with Crippen molar-refractivity contribution >= 4 is 61.3 Å². The second-order valence-electron chi connectivity index (χ2n) is 8.17. The van der Waals surface area contributed by atoms with E-state index in [2.05, 4.69) is 15.6 Å². The normalized spacial score (nSPS) is 11.6. The van der Waals surface area contributed by atoms with E-state index in [0.717, 1.165) is 34.2 Å². The molecule has 0 fully saturated rings. The third-order valence-corrected chi connectivity index (χ3v) is 8.21. The number of urea groups is 1. The molecule has 2 heterocycles. The van der Waals surface area contributed by atoms with E-state index in [4.69, 9.17) is 11.6 Å². The van der Waals surface area contributed by atoms with Crippen LogP contribution < -0.4 is 20.9 Å². The number of nitrogens with zero attached hydrogens (tertiary/aromatic N) is 3. The number of carbonyl (C=O) groups excluding carboxylic acids is 1. The molecule has 2 amide bonds. The molecule has 10 nitrogen and oxygen atoms in total. The number of fused-ring (bicyclic) bond motifs is 1. The molecule has 0 aliphatic rings. The van der Waals surface area contributed by atoms with Gasteiger partial charge in [0.1, 0.15) is 16.4 Å². The van der Waals surface area contributed by atoms with Crippen molar-refractivity contribution in [3.63, 3.8) is 0 Å². The topological polar surface area (TPSA) is 125 Å². The SMILES string of the molecule is CN(C)CCNc1ccc2c(=O)n(-c3ccc(NC(=O)NS(=O)(=O)c4ccc(Cl)s4)cc3F)cnc2c1. The Bertz CT molecular complexity index is 1640. The van der Waals surface area contributed by atoms with Crippen molar-refractivity contribution in [1.29, 1.82) is 0 Å². The Kier molecular flexibility index (Phi) is 7.78. The largest absolute Gasteiger partial charge is 0.384 e. The van der Waals surface area contributed by atoms with E-state index in [0.29, 0.717) is 17.4 Å². The fourth-order valence-corrected chi connectivity index (χ4v) is 5.77. The van der Waals surface area contributed by atoms with Gasteiger partial charge in [-0.2, -0.15) is 0 Å². The monoisotopic (exact) mass is 564 g/mol. The number of anilines is 2. The minimum Gasteiger partial charge on any atom is -0.384 e. The molecule has 2 aromatic heterocycles.